The van der Waals surface area contributed by atoms with E-state index in [1.54, 1.807) is 0 Å². The third-order valence-corrected chi connectivity index (χ3v) is 6.52. The first kappa shape index (κ1) is 26.4. The SMILES string of the molecule is C=C(F)C(=O)N1CCN(c2nc(OC)nc(CCCc3ccccc3Cl)c2CCC)CC1CC#N. The van der Waals surface area contributed by atoms with Gasteiger partial charge in [0.25, 0.3) is 5.91 Å². The molecule has 0 N–H and O–H groups in total. The molecule has 0 radical (unpaired) electrons. The zero-order valence-electron chi connectivity index (χ0n) is 20.3. The number of piperazine rings is 1. The van der Waals surface area contributed by atoms with Crippen molar-refractivity contribution in [2.75, 3.05) is 31.6 Å². The molecule has 1 aliphatic rings. The van der Waals surface area contributed by atoms with E-state index in [-0.39, 0.29) is 19.0 Å². The average Bonchev–Trinajstić information content (AvgIpc) is 2.85. The highest BCUT2D eigenvalue weighted by atomic mass is 35.5. The zero-order valence-corrected chi connectivity index (χ0v) is 21.0. The largest absolute Gasteiger partial charge is 0.467 e. The topological polar surface area (TPSA) is 82.3 Å². The van der Waals surface area contributed by atoms with E-state index in [1.165, 1.54) is 12.0 Å². The molecule has 1 fully saturated rings. The summed E-state index contributed by atoms with van der Waals surface area (Å²) in [5.41, 5.74) is 3.06. The predicted molar refractivity (Wildman–Crippen MR) is 134 cm³/mol. The lowest BCUT2D eigenvalue weighted by molar-refractivity contribution is -0.131. The van der Waals surface area contributed by atoms with Crippen LogP contribution in [0.1, 0.15) is 43.0 Å². The summed E-state index contributed by atoms with van der Waals surface area (Å²) < 4.78 is 19.0. The number of aryl methyl sites for hydroxylation is 2. The first-order valence-electron chi connectivity index (χ1n) is 11.8. The Balaban J connectivity index is 1.88. The summed E-state index contributed by atoms with van der Waals surface area (Å²) in [5, 5.41) is 10.1. The van der Waals surface area contributed by atoms with Crippen LogP contribution in [0.2, 0.25) is 5.02 Å². The summed E-state index contributed by atoms with van der Waals surface area (Å²) in [7, 11) is 1.54. The number of hydrogen-bond donors (Lipinski definition) is 0. The maximum atomic E-state index is 13.6. The van der Waals surface area contributed by atoms with E-state index in [0.29, 0.717) is 13.1 Å². The molecule has 7 nitrogen and oxygen atoms in total. The number of amides is 1. The van der Waals surface area contributed by atoms with Gasteiger partial charge in [-0.05, 0) is 37.3 Å². The molecule has 0 bridgehead atoms. The molecule has 1 aromatic heterocycles. The van der Waals surface area contributed by atoms with Gasteiger partial charge in [0.15, 0.2) is 5.83 Å². The number of halogens is 2. The van der Waals surface area contributed by atoms with Gasteiger partial charge in [0.2, 0.25) is 0 Å². The molecule has 1 aliphatic heterocycles. The molecule has 2 aromatic rings. The number of carbonyl (C=O) groups excluding carboxylic acids is 1. The zero-order chi connectivity index (χ0) is 25.4. The highest BCUT2D eigenvalue weighted by Gasteiger charge is 2.33. The molecule has 1 amide bonds. The Bertz CT molecular complexity index is 1100. The molecule has 1 atom stereocenters. The van der Waals surface area contributed by atoms with Gasteiger partial charge >= 0.3 is 6.01 Å². The lowest BCUT2D eigenvalue weighted by Crippen LogP contribution is -2.55. The van der Waals surface area contributed by atoms with E-state index in [9.17, 15) is 14.4 Å². The number of methoxy groups -OCH3 is 1. The van der Waals surface area contributed by atoms with Crippen molar-refractivity contribution in [3.8, 4) is 12.1 Å². The van der Waals surface area contributed by atoms with Crippen molar-refractivity contribution in [2.24, 2.45) is 0 Å². The van der Waals surface area contributed by atoms with Gasteiger partial charge in [0.05, 0.1) is 31.3 Å². The number of carbonyl (C=O) groups is 1. The fraction of sp³-hybridized carbons (Fsp3) is 0.462. The molecule has 1 saturated heterocycles. The van der Waals surface area contributed by atoms with E-state index in [2.05, 4.69) is 34.4 Å². The molecule has 9 heteroatoms. The average molecular weight is 500 g/mol. The third-order valence-electron chi connectivity index (χ3n) is 6.15. The molecular weight excluding hydrogens is 469 g/mol. The van der Waals surface area contributed by atoms with Crippen LogP contribution in [0.5, 0.6) is 6.01 Å². The van der Waals surface area contributed by atoms with E-state index in [1.807, 2.05) is 24.3 Å². The van der Waals surface area contributed by atoms with E-state index in [4.69, 9.17) is 16.3 Å². The smallest absolute Gasteiger partial charge is 0.318 e. The van der Waals surface area contributed by atoms with Gasteiger partial charge in [-0.15, -0.1) is 0 Å². The second-order valence-corrected chi connectivity index (χ2v) is 8.93. The van der Waals surface area contributed by atoms with Crippen LogP contribution in [0, 0.1) is 11.3 Å². The third kappa shape index (κ3) is 6.49. The molecule has 0 saturated carbocycles. The van der Waals surface area contributed by atoms with Crippen molar-refractivity contribution in [1.82, 2.24) is 14.9 Å². The quantitative estimate of drug-likeness (QED) is 0.441. The standard InChI is InChI=1S/C26H31ClFN5O2/c1-4-8-21-23(12-7-10-19-9-5-6-11-22(19)27)30-26(35-3)31-24(21)32-15-16-33(25(34)18(2)28)20(17-32)13-14-29/h5-6,9,11,20H,2,4,7-8,10,12-13,15-17H2,1,3H3. The molecule has 2 heterocycles. The fourth-order valence-electron chi connectivity index (χ4n) is 4.46. The number of nitriles is 1. The Morgan fingerprint density at radius 2 is 2.06 bits per heavy atom. The van der Waals surface area contributed by atoms with E-state index < -0.39 is 17.8 Å². The molecule has 186 valence electrons. The number of benzene rings is 1. The minimum Gasteiger partial charge on any atom is -0.467 e. The molecule has 3 rings (SSSR count). The summed E-state index contributed by atoms with van der Waals surface area (Å²) in [6.07, 6.45) is 4.19. The summed E-state index contributed by atoms with van der Waals surface area (Å²) in [5.74, 6) is -1.03. The molecule has 0 aliphatic carbocycles. The summed E-state index contributed by atoms with van der Waals surface area (Å²) in [6, 6.07) is 9.75. The lowest BCUT2D eigenvalue weighted by Gasteiger charge is -2.41. The molecule has 0 spiro atoms. The predicted octanol–water partition coefficient (Wildman–Crippen LogP) is 4.68. The van der Waals surface area contributed by atoms with Gasteiger partial charge < -0.3 is 14.5 Å². The number of hydrogen-bond acceptors (Lipinski definition) is 6. The fourth-order valence-corrected chi connectivity index (χ4v) is 4.69. The summed E-state index contributed by atoms with van der Waals surface area (Å²) in [6.45, 7) is 6.32. The van der Waals surface area contributed by atoms with Crippen LogP contribution in [-0.2, 0) is 24.1 Å². The Morgan fingerprint density at radius 1 is 1.29 bits per heavy atom. The van der Waals surface area contributed by atoms with Crippen molar-refractivity contribution in [3.63, 3.8) is 0 Å². The summed E-state index contributed by atoms with van der Waals surface area (Å²) in [4.78, 5) is 25.1. The van der Waals surface area contributed by atoms with Crippen molar-refractivity contribution in [3.05, 3.63) is 58.5 Å². The number of anilines is 1. The second kappa shape index (κ2) is 12.5. The highest BCUT2D eigenvalue weighted by molar-refractivity contribution is 6.31. The van der Waals surface area contributed by atoms with Crippen LogP contribution in [0.15, 0.2) is 36.7 Å². The van der Waals surface area contributed by atoms with E-state index >= 15 is 0 Å². The van der Waals surface area contributed by atoms with Gasteiger partial charge in [0.1, 0.15) is 5.82 Å². The van der Waals surface area contributed by atoms with Crippen molar-refractivity contribution in [1.29, 1.82) is 5.26 Å². The Labute approximate surface area is 211 Å². The van der Waals surface area contributed by atoms with Crippen molar-refractivity contribution < 1.29 is 13.9 Å². The maximum absolute atomic E-state index is 13.6. The van der Waals surface area contributed by atoms with Gasteiger partial charge in [-0.1, -0.05) is 49.7 Å². The van der Waals surface area contributed by atoms with E-state index in [0.717, 1.165) is 59.8 Å². The van der Waals surface area contributed by atoms with Crippen LogP contribution in [0.3, 0.4) is 0 Å². The van der Waals surface area contributed by atoms with Crippen LogP contribution in [0.25, 0.3) is 0 Å². The minimum absolute atomic E-state index is 0.0888. The number of rotatable bonds is 10. The van der Waals surface area contributed by atoms with Crippen molar-refractivity contribution in [2.45, 2.75) is 51.5 Å². The lowest BCUT2D eigenvalue weighted by atomic mass is 10.0. The van der Waals surface area contributed by atoms with Crippen molar-refractivity contribution >= 4 is 23.3 Å². The first-order valence-corrected chi connectivity index (χ1v) is 12.2. The Hall–Kier alpha value is -3.18. The minimum atomic E-state index is -1.02. The molecule has 1 aromatic carbocycles. The Morgan fingerprint density at radius 3 is 2.71 bits per heavy atom. The highest BCUT2D eigenvalue weighted by Crippen LogP contribution is 2.29. The van der Waals surface area contributed by atoms with Gasteiger partial charge in [-0.3, -0.25) is 4.79 Å². The molecular formula is C26H31ClFN5O2. The first-order chi connectivity index (χ1) is 16.9. The normalized spacial score (nSPS) is 15.6. The second-order valence-electron chi connectivity index (χ2n) is 8.52. The van der Waals surface area contributed by atoms with Crippen LogP contribution >= 0.6 is 11.6 Å². The van der Waals surface area contributed by atoms with Crippen LogP contribution < -0.4 is 9.64 Å². The molecule has 35 heavy (non-hydrogen) atoms. The maximum Gasteiger partial charge on any atom is 0.318 e. The van der Waals surface area contributed by atoms with Gasteiger partial charge in [0, 0.05) is 30.2 Å². The summed E-state index contributed by atoms with van der Waals surface area (Å²) >= 11 is 6.32. The number of ether oxygens (including phenoxy) is 1. The van der Waals surface area contributed by atoms with Crippen LogP contribution in [0.4, 0.5) is 10.2 Å². The monoisotopic (exact) mass is 499 g/mol. The number of aromatic nitrogens is 2. The van der Waals surface area contributed by atoms with Gasteiger partial charge in [-0.2, -0.15) is 15.2 Å². The van der Waals surface area contributed by atoms with Gasteiger partial charge in [-0.25, -0.2) is 4.39 Å². The molecule has 1 unspecified atom stereocenters. The van der Waals surface area contributed by atoms with Crippen LogP contribution in [-0.4, -0.2) is 53.6 Å². The number of nitrogens with zero attached hydrogens (tertiary/aromatic N) is 5. The Kier molecular flexibility index (Phi) is 9.44.